The minimum Gasteiger partial charge on any atom is -0.276 e. The second-order valence-corrected chi connectivity index (χ2v) is 6.77. The Bertz CT molecular complexity index is 807. The van der Waals surface area contributed by atoms with E-state index in [0.29, 0.717) is 21.2 Å². The predicted molar refractivity (Wildman–Crippen MR) is 80.5 cm³/mol. The highest BCUT2D eigenvalue weighted by molar-refractivity contribution is 7.93. The number of anilines is 1. The number of rotatable bonds is 3. The highest BCUT2D eigenvalue weighted by Crippen LogP contribution is 2.32. The molecule has 0 bridgehead atoms. The smallest absolute Gasteiger partial charge is 0.276 e. The minimum absolute atomic E-state index is 0.221. The predicted octanol–water partition coefficient (Wildman–Crippen LogP) is 4.92. The zero-order valence-corrected chi connectivity index (χ0v) is 13.0. The molecule has 0 aliphatic heterocycles. The molecular formula is C13H8Cl2F3NO2S. The molecule has 0 saturated heterocycles. The number of nitrogens with one attached hydrogen (secondary N) is 1. The van der Waals surface area contributed by atoms with Crippen molar-refractivity contribution in [2.45, 2.75) is 5.51 Å². The van der Waals surface area contributed by atoms with E-state index in [2.05, 4.69) is 0 Å². The molecule has 0 aliphatic carbocycles. The van der Waals surface area contributed by atoms with Crippen LogP contribution in [0, 0.1) is 0 Å². The monoisotopic (exact) mass is 369 g/mol. The first-order valence-corrected chi connectivity index (χ1v) is 7.98. The number of alkyl halides is 3. The van der Waals surface area contributed by atoms with Crippen LogP contribution in [0.1, 0.15) is 0 Å². The van der Waals surface area contributed by atoms with Gasteiger partial charge in [-0.05, 0) is 29.8 Å². The molecule has 9 heteroatoms. The summed E-state index contributed by atoms with van der Waals surface area (Å²) >= 11 is 11.8. The molecule has 0 amide bonds. The van der Waals surface area contributed by atoms with Gasteiger partial charge in [0, 0.05) is 21.3 Å². The van der Waals surface area contributed by atoms with Crippen molar-refractivity contribution in [3.05, 3.63) is 52.5 Å². The van der Waals surface area contributed by atoms with Crippen LogP contribution in [0.15, 0.2) is 42.5 Å². The molecule has 22 heavy (non-hydrogen) atoms. The van der Waals surface area contributed by atoms with E-state index in [4.69, 9.17) is 23.2 Å². The third kappa shape index (κ3) is 3.66. The first kappa shape index (κ1) is 16.9. The molecule has 0 radical (unpaired) electrons. The lowest BCUT2D eigenvalue weighted by molar-refractivity contribution is -0.0429. The summed E-state index contributed by atoms with van der Waals surface area (Å²) in [7, 11) is -5.47. The van der Waals surface area contributed by atoms with Gasteiger partial charge >= 0.3 is 15.5 Å². The summed E-state index contributed by atoms with van der Waals surface area (Å²) in [6.45, 7) is 0. The zero-order chi connectivity index (χ0) is 16.5. The lowest BCUT2D eigenvalue weighted by atomic mass is 10.1. The Hall–Kier alpha value is -1.44. The van der Waals surface area contributed by atoms with Gasteiger partial charge in [-0.1, -0.05) is 41.4 Å². The van der Waals surface area contributed by atoms with Crippen LogP contribution in [0.3, 0.4) is 0 Å². The second-order valence-electron chi connectivity index (χ2n) is 4.26. The van der Waals surface area contributed by atoms with E-state index in [0.717, 1.165) is 0 Å². The number of sulfonamides is 1. The summed E-state index contributed by atoms with van der Waals surface area (Å²) in [5.74, 6) is 0. The highest BCUT2D eigenvalue weighted by atomic mass is 35.5. The van der Waals surface area contributed by atoms with E-state index in [1.807, 2.05) is 0 Å². The third-order valence-electron chi connectivity index (χ3n) is 2.66. The van der Waals surface area contributed by atoms with Crippen LogP contribution < -0.4 is 4.72 Å². The van der Waals surface area contributed by atoms with Crippen molar-refractivity contribution in [3.8, 4) is 11.1 Å². The van der Waals surface area contributed by atoms with Crippen molar-refractivity contribution in [1.29, 1.82) is 0 Å². The van der Waals surface area contributed by atoms with Gasteiger partial charge in [0.15, 0.2) is 0 Å². The number of halogens is 5. The largest absolute Gasteiger partial charge is 0.516 e. The summed E-state index contributed by atoms with van der Waals surface area (Å²) in [5.41, 5.74) is -4.65. The van der Waals surface area contributed by atoms with Crippen molar-refractivity contribution in [2.24, 2.45) is 0 Å². The van der Waals surface area contributed by atoms with Gasteiger partial charge in [0.05, 0.1) is 0 Å². The number of hydrogen-bond acceptors (Lipinski definition) is 2. The summed E-state index contributed by atoms with van der Waals surface area (Å²) in [6.07, 6.45) is 0. The lowest BCUT2D eigenvalue weighted by Gasteiger charge is -2.12. The first-order valence-electron chi connectivity index (χ1n) is 5.75. The van der Waals surface area contributed by atoms with Gasteiger partial charge in [-0.2, -0.15) is 21.6 Å². The van der Waals surface area contributed by atoms with Crippen molar-refractivity contribution in [1.82, 2.24) is 0 Å². The maximum atomic E-state index is 12.4. The first-order chi connectivity index (χ1) is 10.1. The Kier molecular flexibility index (Phi) is 4.60. The van der Waals surface area contributed by atoms with Gasteiger partial charge in [0.25, 0.3) is 0 Å². The molecule has 2 aromatic rings. The van der Waals surface area contributed by atoms with Crippen LogP contribution in [0.2, 0.25) is 10.0 Å². The summed E-state index contributed by atoms with van der Waals surface area (Å²) in [4.78, 5) is 0. The van der Waals surface area contributed by atoms with Crippen LogP contribution in [-0.4, -0.2) is 13.9 Å². The maximum absolute atomic E-state index is 12.4. The van der Waals surface area contributed by atoms with Crippen LogP contribution >= 0.6 is 23.2 Å². The van der Waals surface area contributed by atoms with Gasteiger partial charge in [-0.15, -0.1) is 0 Å². The average Bonchev–Trinajstić information content (AvgIpc) is 2.37. The molecule has 0 atom stereocenters. The molecule has 0 aliphatic rings. The topological polar surface area (TPSA) is 46.2 Å². The Morgan fingerprint density at radius 1 is 1.00 bits per heavy atom. The Labute approximate surface area is 134 Å². The maximum Gasteiger partial charge on any atom is 0.516 e. The van der Waals surface area contributed by atoms with Crippen LogP contribution in [0.4, 0.5) is 18.9 Å². The van der Waals surface area contributed by atoms with Gasteiger partial charge < -0.3 is 0 Å². The molecule has 118 valence electrons. The fourth-order valence-corrected chi connectivity index (χ4v) is 2.76. The molecule has 0 heterocycles. The van der Waals surface area contributed by atoms with E-state index in [1.54, 1.807) is 18.2 Å². The molecule has 0 unspecified atom stereocenters. The Morgan fingerprint density at radius 3 is 2.27 bits per heavy atom. The minimum atomic E-state index is -5.47. The Balaban J connectivity index is 2.39. The summed E-state index contributed by atoms with van der Waals surface area (Å²) < 4.78 is 60.8. The molecule has 2 rings (SSSR count). The van der Waals surface area contributed by atoms with Crippen molar-refractivity contribution in [3.63, 3.8) is 0 Å². The van der Waals surface area contributed by atoms with E-state index in [1.165, 1.54) is 29.0 Å². The van der Waals surface area contributed by atoms with E-state index in [-0.39, 0.29) is 5.69 Å². The van der Waals surface area contributed by atoms with Gasteiger partial charge in [-0.25, -0.2) is 0 Å². The normalized spacial score (nSPS) is 12.2. The zero-order valence-electron chi connectivity index (χ0n) is 10.7. The molecule has 0 fully saturated rings. The molecule has 0 aromatic heterocycles. The average molecular weight is 370 g/mol. The van der Waals surface area contributed by atoms with Crippen LogP contribution in [0.5, 0.6) is 0 Å². The number of hydrogen-bond donors (Lipinski definition) is 1. The van der Waals surface area contributed by atoms with Crippen LogP contribution in [0.25, 0.3) is 11.1 Å². The van der Waals surface area contributed by atoms with Crippen LogP contribution in [-0.2, 0) is 10.0 Å². The highest BCUT2D eigenvalue weighted by Gasteiger charge is 2.46. The van der Waals surface area contributed by atoms with E-state index < -0.39 is 15.5 Å². The van der Waals surface area contributed by atoms with Gasteiger partial charge in [-0.3, -0.25) is 4.72 Å². The van der Waals surface area contributed by atoms with Crippen molar-refractivity contribution < 1.29 is 21.6 Å². The van der Waals surface area contributed by atoms with E-state index in [9.17, 15) is 21.6 Å². The Morgan fingerprint density at radius 2 is 1.68 bits per heavy atom. The standard InChI is InChI=1S/C13H8Cl2F3NO2S/c14-9-4-5-11(12(15)7-9)8-2-1-3-10(6-8)19-22(20,21)13(16,17)18/h1-7,19H. The molecular weight excluding hydrogens is 362 g/mol. The SMILES string of the molecule is O=S(=O)(Nc1cccc(-c2ccc(Cl)cc2Cl)c1)C(F)(F)F. The van der Waals surface area contributed by atoms with Gasteiger partial charge in [0.2, 0.25) is 0 Å². The summed E-state index contributed by atoms with van der Waals surface area (Å²) in [6, 6.07) is 10.1. The van der Waals surface area contributed by atoms with Gasteiger partial charge in [0.1, 0.15) is 0 Å². The fraction of sp³-hybridized carbons (Fsp3) is 0.0769. The molecule has 3 nitrogen and oxygen atoms in total. The van der Waals surface area contributed by atoms with Crippen molar-refractivity contribution in [2.75, 3.05) is 4.72 Å². The molecule has 0 spiro atoms. The fourth-order valence-electron chi connectivity index (χ4n) is 1.69. The molecule has 0 saturated carbocycles. The van der Waals surface area contributed by atoms with E-state index >= 15 is 0 Å². The third-order valence-corrected chi connectivity index (χ3v) is 4.32. The number of benzene rings is 2. The summed E-state index contributed by atoms with van der Waals surface area (Å²) in [5, 5.41) is 0.700. The molecule has 1 N–H and O–H groups in total. The molecule has 2 aromatic carbocycles. The van der Waals surface area contributed by atoms with Crippen molar-refractivity contribution >= 4 is 38.9 Å². The second kappa shape index (κ2) is 5.98. The quantitative estimate of drug-likeness (QED) is 0.834. The lowest BCUT2D eigenvalue weighted by Crippen LogP contribution is -2.29.